The Labute approximate surface area is 157 Å². The SMILES string of the molecule is CN(CC(=O)NC1(C#N)CCCC1)Cc1ccc(N2CCCCC2)cc1. The molecule has 1 aliphatic heterocycles. The van der Waals surface area contributed by atoms with Crippen molar-refractivity contribution < 1.29 is 4.79 Å². The van der Waals surface area contributed by atoms with Gasteiger partial charge in [-0.05, 0) is 69.7 Å². The maximum atomic E-state index is 12.3. The van der Waals surface area contributed by atoms with Gasteiger partial charge in [-0.3, -0.25) is 9.69 Å². The minimum absolute atomic E-state index is 0.0547. The number of nitrogens with zero attached hydrogens (tertiary/aromatic N) is 3. The average Bonchev–Trinajstić information content (AvgIpc) is 3.11. The van der Waals surface area contributed by atoms with Crippen LogP contribution in [0.5, 0.6) is 0 Å². The Morgan fingerprint density at radius 1 is 1.15 bits per heavy atom. The third-order valence-electron chi connectivity index (χ3n) is 5.57. The second-order valence-electron chi connectivity index (χ2n) is 7.84. The van der Waals surface area contributed by atoms with E-state index in [1.54, 1.807) is 0 Å². The monoisotopic (exact) mass is 354 g/mol. The number of piperidine rings is 1. The number of carbonyl (C=O) groups is 1. The minimum Gasteiger partial charge on any atom is -0.372 e. The smallest absolute Gasteiger partial charge is 0.235 e. The molecular weight excluding hydrogens is 324 g/mol. The Morgan fingerprint density at radius 2 is 1.81 bits per heavy atom. The topological polar surface area (TPSA) is 59.4 Å². The van der Waals surface area contributed by atoms with Crippen molar-refractivity contribution in [2.45, 2.75) is 57.0 Å². The number of anilines is 1. The largest absolute Gasteiger partial charge is 0.372 e. The van der Waals surface area contributed by atoms with Crippen molar-refractivity contribution >= 4 is 11.6 Å². The summed E-state index contributed by atoms with van der Waals surface area (Å²) in [5.74, 6) is -0.0547. The van der Waals surface area contributed by atoms with Gasteiger partial charge >= 0.3 is 0 Å². The second-order valence-corrected chi connectivity index (χ2v) is 7.84. The molecule has 140 valence electrons. The van der Waals surface area contributed by atoms with E-state index in [-0.39, 0.29) is 5.91 Å². The van der Waals surface area contributed by atoms with Crippen LogP contribution in [0.4, 0.5) is 5.69 Å². The van der Waals surface area contributed by atoms with Crippen LogP contribution >= 0.6 is 0 Å². The van der Waals surface area contributed by atoms with Gasteiger partial charge in [0.05, 0.1) is 12.6 Å². The molecule has 0 atom stereocenters. The molecule has 1 heterocycles. The first-order valence-corrected chi connectivity index (χ1v) is 9.85. The van der Waals surface area contributed by atoms with E-state index in [1.165, 1.54) is 30.5 Å². The second kappa shape index (κ2) is 8.55. The van der Waals surface area contributed by atoms with Gasteiger partial charge in [-0.1, -0.05) is 12.1 Å². The van der Waals surface area contributed by atoms with Gasteiger partial charge in [-0.2, -0.15) is 5.26 Å². The Balaban J connectivity index is 1.49. The normalized spacial score (nSPS) is 19.3. The van der Waals surface area contributed by atoms with Gasteiger partial charge in [0, 0.05) is 25.3 Å². The summed E-state index contributed by atoms with van der Waals surface area (Å²) >= 11 is 0. The third-order valence-corrected chi connectivity index (χ3v) is 5.57. The van der Waals surface area contributed by atoms with Crippen LogP contribution in [-0.2, 0) is 11.3 Å². The number of amides is 1. The molecule has 5 nitrogen and oxygen atoms in total. The molecule has 5 heteroatoms. The molecule has 0 unspecified atom stereocenters. The van der Waals surface area contributed by atoms with Gasteiger partial charge in [-0.25, -0.2) is 0 Å². The molecular formula is C21H30N4O. The zero-order valence-corrected chi connectivity index (χ0v) is 15.8. The molecule has 1 aromatic rings. The lowest BCUT2D eigenvalue weighted by Gasteiger charge is -2.29. The van der Waals surface area contributed by atoms with Crippen LogP contribution in [0.15, 0.2) is 24.3 Å². The molecule has 1 saturated carbocycles. The molecule has 1 amide bonds. The van der Waals surface area contributed by atoms with Gasteiger partial charge < -0.3 is 10.2 Å². The highest BCUT2D eigenvalue weighted by molar-refractivity contribution is 5.79. The van der Waals surface area contributed by atoms with E-state index in [0.717, 1.165) is 45.3 Å². The molecule has 0 radical (unpaired) electrons. The maximum absolute atomic E-state index is 12.3. The molecule has 0 bridgehead atoms. The predicted molar refractivity (Wildman–Crippen MR) is 104 cm³/mol. The van der Waals surface area contributed by atoms with Crippen molar-refractivity contribution in [3.63, 3.8) is 0 Å². The summed E-state index contributed by atoms with van der Waals surface area (Å²) in [6, 6.07) is 11.0. The third kappa shape index (κ3) is 4.76. The van der Waals surface area contributed by atoms with Gasteiger partial charge in [-0.15, -0.1) is 0 Å². The number of benzene rings is 1. The molecule has 0 aromatic heterocycles. The van der Waals surface area contributed by atoms with Crippen LogP contribution in [0.2, 0.25) is 0 Å². The van der Waals surface area contributed by atoms with E-state index in [4.69, 9.17) is 0 Å². The van der Waals surface area contributed by atoms with Crippen molar-refractivity contribution in [3.8, 4) is 6.07 Å². The first-order chi connectivity index (χ1) is 12.6. The molecule has 1 aliphatic carbocycles. The minimum atomic E-state index is -0.631. The number of rotatable bonds is 6. The highest BCUT2D eigenvalue weighted by Gasteiger charge is 2.35. The maximum Gasteiger partial charge on any atom is 0.235 e. The lowest BCUT2D eigenvalue weighted by molar-refractivity contribution is -0.123. The predicted octanol–water partition coefficient (Wildman–Crippen LogP) is 3.06. The molecule has 1 saturated heterocycles. The van der Waals surface area contributed by atoms with E-state index < -0.39 is 5.54 Å². The number of carbonyl (C=O) groups excluding carboxylic acids is 1. The summed E-state index contributed by atoms with van der Waals surface area (Å²) in [4.78, 5) is 16.8. The van der Waals surface area contributed by atoms with E-state index in [2.05, 4.69) is 40.6 Å². The molecule has 2 fully saturated rings. The van der Waals surface area contributed by atoms with E-state index in [9.17, 15) is 10.1 Å². The van der Waals surface area contributed by atoms with Crippen molar-refractivity contribution in [3.05, 3.63) is 29.8 Å². The van der Waals surface area contributed by atoms with Crippen LogP contribution in [-0.4, -0.2) is 43.0 Å². The molecule has 1 aromatic carbocycles. The van der Waals surface area contributed by atoms with E-state index in [0.29, 0.717) is 6.54 Å². The zero-order valence-electron chi connectivity index (χ0n) is 15.8. The molecule has 0 spiro atoms. The van der Waals surface area contributed by atoms with E-state index >= 15 is 0 Å². The summed E-state index contributed by atoms with van der Waals surface area (Å²) in [6.45, 7) is 3.35. The molecule has 2 aliphatic rings. The fraction of sp³-hybridized carbons (Fsp3) is 0.619. The van der Waals surface area contributed by atoms with Crippen molar-refractivity contribution in [1.82, 2.24) is 10.2 Å². The summed E-state index contributed by atoms with van der Waals surface area (Å²) in [7, 11) is 1.95. The number of hydrogen-bond donors (Lipinski definition) is 1. The summed E-state index contributed by atoms with van der Waals surface area (Å²) in [5, 5.41) is 12.3. The fourth-order valence-corrected chi connectivity index (χ4v) is 4.13. The standard InChI is InChI=1S/C21H30N4O/c1-24(16-20(26)23-21(17-22)11-3-4-12-21)15-18-7-9-19(10-8-18)25-13-5-2-6-14-25/h7-10H,2-6,11-16H2,1H3,(H,23,26). The van der Waals surface area contributed by atoms with Crippen molar-refractivity contribution in [2.24, 2.45) is 0 Å². The van der Waals surface area contributed by atoms with Crippen LogP contribution in [0.25, 0.3) is 0 Å². The van der Waals surface area contributed by atoms with Gasteiger partial charge in [0.15, 0.2) is 0 Å². The number of likely N-dealkylation sites (N-methyl/N-ethyl adjacent to an activating group) is 1. The Hall–Kier alpha value is -2.06. The van der Waals surface area contributed by atoms with Crippen LogP contribution < -0.4 is 10.2 Å². The zero-order chi connectivity index (χ0) is 18.4. The molecule has 1 N–H and O–H groups in total. The molecule has 3 rings (SSSR count). The lowest BCUT2D eigenvalue weighted by Crippen LogP contribution is -2.48. The van der Waals surface area contributed by atoms with Crippen LogP contribution in [0.3, 0.4) is 0 Å². The molecule has 26 heavy (non-hydrogen) atoms. The van der Waals surface area contributed by atoms with Gasteiger partial charge in [0.2, 0.25) is 5.91 Å². The van der Waals surface area contributed by atoms with Gasteiger partial charge in [0.1, 0.15) is 5.54 Å². The average molecular weight is 354 g/mol. The highest BCUT2D eigenvalue weighted by atomic mass is 16.2. The lowest BCUT2D eigenvalue weighted by atomic mass is 10.00. The Morgan fingerprint density at radius 3 is 2.42 bits per heavy atom. The van der Waals surface area contributed by atoms with Gasteiger partial charge in [0.25, 0.3) is 0 Å². The number of hydrogen-bond acceptors (Lipinski definition) is 4. The van der Waals surface area contributed by atoms with Crippen molar-refractivity contribution in [2.75, 3.05) is 31.6 Å². The summed E-state index contributed by atoms with van der Waals surface area (Å²) < 4.78 is 0. The van der Waals surface area contributed by atoms with Crippen molar-refractivity contribution in [1.29, 1.82) is 5.26 Å². The number of nitrogens with one attached hydrogen (secondary N) is 1. The number of nitriles is 1. The first kappa shape index (κ1) is 18.7. The quantitative estimate of drug-likeness (QED) is 0.853. The van der Waals surface area contributed by atoms with Crippen LogP contribution in [0.1, 0.15) is 50.5 Å². The fourth-order valence-electron chi connectivity index (χ4n) is 4.13. The summed E-state index contributed by atoms with van der Waals surface area (Å²) in [6.07, 6.45) is 7.50. The highest BCUT2D eigenvalue weighted by Crippen LogP contribution is 2.28. The van der Waals surface area contributed by atoms with Crippen LogP contribution in [0, 0.1) is 11.3 Å². The Bertz CT molecular complexity index is 637. The first-order valence-electron chi connectivity index (χ1n) is 9.85. The summed E-state index contributed by atoms with van der Waals surface area (Å²) in [5.41, 5.74) is 1.87. The Kier molecular flexibility index (Phi) is 6.16. The van der Waals surface area contributed by atoms with E-state index in [1.807, 2.05) is 11.9 Å².